The first-order valence-corrected chi connectivity index (χ1v) is 6.65. The van der Waals surface area contributed by atoms with Gasteiger partial charge in [-0.3, -0.25) is 0 Å². The van der Waals surface area contributed by atoms with Crippen molar-refractivity contribution in [3.8, 4) is 5.75 Å². The third-order valence-electron chi connectivity index (χ3n) is 3.18. The van der Waals surface area contributed by atoms with Gasteiger partial charge in [0, 0.05) is 16.3 Å². The molecule has 0 aliphatic heterocycles. The molecule has 0 fully saturated rings. The van der Waals surface area contributed by atoms with Crippen LogP contribution in [0, 0.1) is 6.92 Å². The van der Waals surface area contributed by atoms with Gasteiger partial charge >= 0.3 is 0 Å². The minimum Gasteiger partial charge on any atom is -0.496 e. The van der Waals surface area contributed by atoms with E-state index in [4.69, 9.17) is 16.3 Å². The fourth-order valence-corrected chi connectivity index (χ4v) is 2.26. The molecule has 0 amide bonds. The summed E-state index contributed by atoms with van der Waals surface area (Å²) in [5.74, 6) is 0.891. The number of hydrogen-bond donors (Lipinski definition) is 1. The minimum atomic E-state index is 0.147. The molecule has 0 aromatic heterocycles. The Labute approximate surface area is 119 Å². The lowest BCUT2D eigenvalue weighted by atomic mass is 10.1. The van der Waals surface area contributed by atoms with Gasteiger partial charge < -0.3 is 10.1 Å². The largest absolute Gasteiger partial charge is 0.496 e. The third kappa shape index (κ3) is 3.21. The second kappa shape index (κ2) is 5.98. The molecule has 0 saturated heterocycles. The molecular formula is C16H18ClNO. The Morgan fingerprint density at radius 3 is 2.63 bits per heavy atom. The number of methoxy groups -OCH3 is 1. The number of aryl methyl sites for hydroxylation is 1. The fourth-order valence-electron chi connectivity index (χ4n) is 2.08. The molecule has 2 rings (SSSR count). The molecule has 2 aromatic carbocycles. The predicted molar refractivity (Wildman–Crippen MR) is 81.2 cm³/mol. The highest BCUT2D eigenvalue weighted by molar-refractivity contribution is 6.30. The number of para-hydroxylation sites is 1. The van der Waals surface area contributed by atoms with Crippen LogP contribution >= 0.6 is 11.6 Å². The second-order valence-electron chi connectivity index (χ2n) is 4.57. The summed E-state index contributed by atoms with van der Waals surface area (Å²) in [4.78, 5) is 0. The van der Waals surface area contributed by atoms with Crippen LogP contribution in [0.3, 0.4) is 0 Å². The van der Waals surface area contributed by atoms with Gasteiger partial charge in [0.05, 0.1) is 13.2 Å². The van der Waals surface area contributed by atoms with Gasteiger partial charge in [-0.2, -0.15) is 0 Å². The van der Waals surface area contributed by atoms with Gasteiger partial charge in [0.15, 0.2) is 0 Å². The van der Waals surface area contributed by atoms with E-state index in [9.17, 15) is 0 Å². The lowest BCUT2D eigenvalue weighted by Crippen LogP contribution is -2.09. The number of nitrogens with one attached hydrogen (secondary N) is 1. The Hall–Kier alpha value is -1.67. The molecule has 0 aliphatic carbocycles. The van der Waals surface area contributed by atoms with E-state index in [0.717, 1.165) is 22.0 Å². The van der Waals surface area contributed by atoms with Crippen LogP contribution in [0.15, 0.2) is 42.5 Å². The first kappa shape index (κ1) is 13.8. The van der Waals surface area contributed by atoms with Gasteiger partial charge in [-0.25, -0.2) is 0 Å². The maximum absolute atomic E-state index is 6.04. The molecular weight excluding hydrogens is 258 g/mol. The Bertz CT molecular complexity index is 568. The lowest BCUT2D eigenvalue weighted by molar-refractivity contribution is 0.408. The van der Waals surface area contributed by atoms with Crippen molar-refractivity contribution in [1.82, 2.24) is 0 Å². The molecule has 1 N–H and O–H groups in total. The van der Waals surface area contributed by atoms with Crippen molar-refractivity contribution < 1.29 is 4.74 Å². The Kier molecular flexibility index (Phi) is 4.33. The average Bonchev–Trinajstić information content (AvgIpc) is 2.42. The Balaban J connectivity index is 2.25. The summed E-state index contributed by atoms with van der Waals surface area (Å²) in [5, 5.41) is 4.21. The van der Waals surface area contributed by atoms with E-state index in [2.05, 4.69) is 25.2 Å². The van der Waals surface area contributed by atoms with Crippen molar-refractivity contribution in [3.05, 3.63) is 58.6 Å². The van der Waals surface area contributed by atoms with E-state index in [0.29, 0.717) is 0 Å². The van der Waals surface area contributed by atoms with E-state index >= 15 is 0 Å². The summed E-state index contributed by atoms with van der Waals surface area (Å²) < 4.78 is 5.39. The van der Waals surface area contributed by atoms with Crippen LogP contribution in [0.4, 0.5) is 5.69 Å². The zero-order valence-electron chi connectivity index (χ0n) is 11.4. The minimum absolute atomic E-state index is 0.147. The smallest absolute Gasteiger partial charge is 0.124 e. The van der Waals surface area contributed by atoms with Crippen molar-refractivity contribution in [2.75, 3.05) is 12.4 Å². The van der Waals surface area contributed by atoms with E-state index < -0.39 is 0 Å². The van der Waals surface area contributed by atoms with Crippen molar-refractivity contribution in [2.24, 2.45) is 0 Å². The molecule has 2 nitrogen and oxygen atoms in total. The van der Waals surface area contributed by atoms with Crippen molar-refractivity contribution in [2.45, 2.75) is 19.9 Å². The zero-order valence-corrected chi connectivity index (χ0v) is 12.2. The maximum Gasteiger partial charge on any atom is 0.124 e. The van der Waals surface area contributed by atoms with Gasteiger partial charge in [-0.15, -0.1) is 0 Å². The number of benzene rings is 2. The fraction of sp³-hybridized carbons (Fsp3) is 0.250. The monoisotopic (exact) mass is 275 g/mol. The standard InChI is InChI=1S/C16H18ClNO/c1-11-8-9-13(17)10-15(11)18-12(2)14-6-4-5-7-16(14)19-3/h4-10,12,18H,1-3H3. The molecule has 3 heteroatoms. The highest BCUT2D eigenvalue weighted by Gasteiger charge is 2.11. The topological polar surface area (TPSA) is 21.3 Å². The number of anilines is 1. The number of ether oxygens (including phenoxy) is 1. The van der Waals surface area contributed by atoms with Crippen LogP contribution in [-0.2, 0) is 0 Å². The van der Waals surface area contributed by atoms with E-state index in [1.54, 1.807) is 7.11 Å². The normalized spacial score (nSPS) is 12.0. The summed E-state index contributed by atoms with van der Waals surface area (Å²) in [7, 11) is 1.69. The lowest BCUT2D eigenvalue weighted by Gasteiger charge is -2.19. The van der Waals surface area contributed by atoms with E-state index in [-0.39, 0.29) is 6.04 Å². The van der Waals surface area contributed by atoms with Gasteiger partial charge in [0.1, 0.15) is 5.75 Å². The molecule has 0 heterocycles. The summed E-state index contributed by atoms with van der Waals surface area (Å²) in [6.45, 7) is 4.17. The molecule has 0 aliphatic rings. The Morgan fingerprint density at radius 2 is 1.89 bits per heavy atom. The summed E-state index contributed by atoms with van der Waals surface area (Å²) >= 11 is 6.04. The highest BCUT2D eigenvalue weighted by atomic mass is 35.5. The summed E-state index contributed by atoms with van der Waals surface area (Å²) in [6.07, 6.45) is 0. The van der Waals surface area contributed by atoms with Crippen LogP contribution in [0.5, 0.6) is 5.75 Å². The van der Waals surface area contributed by atoms with Crippen LogP contribution in [0.2, 0.25) is 5.02 Å². The number of halogens is 1. The van der Waals surface area contributed by atoms with Crippen molar-refractivity contribution in [3.63, 3.8) is 0 Å². The summed E-state index contributed by atoms with van der Waals surface area (Å²) in [5.41, 5.74) is 3.35. The molecule has 0 saturated carbocycles. The Morgan fingerprint density at radius 1 is 1.16 bits per heavy atom. The van der Waals surface area contributed by atoms with E-state index in [1.807, 2.05) is 36.4 Å². The first-order chi connectivity index (χ1) is 9.11. The van der Waals surface area contributed by atoms with Crippen molar-refractivity contribution >= 4 is 17.3 Å². The van der Waals surface area contributed by atoms with Gasteiger partial charge in [0.2, 0.25) is 0 Å². The molecule has 0 spiro atoms. The number of rotatable bonds is 4. The molecule has 2 aromatic rings. The maximum atomic E-state index is 6.04. The van der Waals surface area contributed by atoms with Crippen LogP contribution < -0.4 is 10.1 Å². The molecule has 0 radical (unpaired) electrons. The van der Waals surface area contributed by atoms with Gasteiger partial charge in [-0.05, 0) is 37.6 Å². The molecule has 1 atom stereocenters. The van der Waals surface area contributed by atoms with Crippen LogP contribution in [0.25, 0.3) is 0 Å². The zero-order chi connectivity index (χ0) is 13.8. The second-order valence-corrected chi connectivity index (χ2v) is 5.00. The average molecular weight is 276 g/mol. The molecule has 19 heavy (non-hydrogen) atoms. The van der Waals surface area contributed by atoms with Crippen LogP contribution in [-0.4, -0.2) is 7.11 Å². The summed E-state index contributed by atoms with van der Waals surface area (Å²) in [6, 6.07) is 14.0. The van der Waals surface area contributed by atoms with Crippen molar-refractivity contribution in [1.29, 1.82) is 0 Å². The number of hydrogen-bond acceptors (Lipinski definition) is 2. The van der Waals surface area contributed by atoms with Gasteiger partial charge in [0.25, 0.3) is 0 Å². The predicted octanol–water partition coefficient (Wildman–Crippen LogP) is 4.83. The molecule has 100 valence electrons. The van der Waals surface area contributed by atoms with Gasteiger partial charge in [-0.1, -0.05) is 35.9 Å². The van der Waals surface area contributed by atoms with Crippen LogP contribution in [0.1, 0.15) is 24.1 Å². The van der Waals surface area contributed by atoms with E-state index in [1.165, 1.54) is 5.56 Å². The quantitative estimate of drug-likeness (QED) is 0.863. The molecule has 1 unspecified atom stereocenters. The first-order valence-electron chi connectivity index (χ1n) is 6.27. The SMILES string of the molecule is COc1ccccc1C(C)Nc1cc(Cl)ccc1C. The molecule has 0 bridgehead atoms. The third-order valence-corrected chi connectivity index (χ3v) is 3.41. The highest BCUT2D eigenvalue weighted by Crippen LogP contribution is 2.29.